The number of carbonyl (C=O) groups excluding carboxylic acids is 1. The smallest absolute Gasteiger partial charge is 0.143 e. The number of Topliss-reactive ketones (excluding diaryl/α,β-unsaturated/α-hetero) is 1. The zero-order valence-electron chi connectivity index (χ0n) is 11.3. The molecule has 0 aliphatic carbocycles. The van der Waals surface area contributed by atoms with E-state index < -0.39 is 0 Å². The standard InChI is InChI=1S/C13H22N2OS/c1-9(7-14-5)10(16)6-12-15-11(8-17-12)13(2,3)4/h8-9,14H,6-7H2,1-5H3. The molecule has 1 atom stereocenters. The van der Waals surface area contributed by atoms with Crippen molar-refractivity contribution in [2.24, 2.45) is 5.92 Å². The lowest BCUT2D eigenvalue weighted by atomic mass is 9.93. The van der Waals surface area contributed by atoms with Gasteiger partial charge in [0.15, 0.2) is 0 Å². The van der Waals surface area contributed by atoms with Crippen LogP contribution in [0.15, 0.2) is 5.38 Å². The molecule has 0 amide bonds. The molecule has 3 nitrogen and oxygen atoms in total. The Bertz CT molecular complexity index is 379. The maximum Gasteiger partial charge on any atom is 0.143 e. The van der Waals surface area contributed by atoms with Gasteiger partial charge in [-0.05, 0) is 7.05 Å². The van der Waals surface area contributed by atoms with Crippen LogP contribution in [0.5, 0.6) is 0 Å². The second kappa shape index (κ2) is 5.74. The van der Waals surface area contributed by atoms with Crippen molar-refractivity contribution >= 4 is 17.1 Å². The SMILES string of the molecule is CNCC(C)C(=O)Cc1nc(C(C)(C)C)cs1. The van der Waals surface area contributed by atoms with Crippen LogP contribution >= 0.6 is 11.3 Å². The molecule has 1 N–H and O–H groups in total. The molecule has 0 spiro atoms. The van der Waals surface area contributed by atoms with E-state index in [-0.39, 0.29) is 17.1 Å². The topological polar surface area (TPSA) is 42.0 Å². The van der Waals surface area contributed by atoms with Crippen molar-refractivity contribution in [3.8, 4) is 0 Å². The van der Waals surface area contributed by atoms with Gasteiger partial charge in [0, 0.05) is 23.3 Å². The summed E-state index contributed by atoms with van der Waals surface area (Å²) in [6, 6.07) is 0. The van der Waals surface area contributed by atoms with Gasteiger partial charge in [-0.25, -0.2) is 4.98 Å². The molecular weight excluding hydrogens is 232 g/mol. The molecule has 4 heteroatoms. The zero-order valence-corrected chi connectivity index (χ0v) is 12.1. The summed E-state index contributed by atoms with van der Waals surface area (Å²) in [5.74, 6) is 0.316. The average Bonchev–Trinajstić information content (AvgIpc) is 2.66. The van der Waals surface area contributed by atoms with Crippen molar-refractivity contribution in [3.05, 3.63) is 16.1 Å². The van der Waals surface area contributed by atoms with Crippen molar-refractivity contribution < 1.29 is 4.79 Å². The van der Waals surface area contributed by atoms with Crippen molar-refractivity contribution in [1.29, 1.82) is 0 Å². The quantitative estimate of drug-likeness (QED) is 0.877. The van der Waals surface area contributed by atoms with E-state index in [2.05, 4.69) is 36.5 Å². The highest BCUT2D eigenvalue weighted by Gasteiger charge is 2.19. The third kappa shape index (κ3) is 4.21. The van der Waals surface area contributed by atoms with Gasteiger partial charge in [0.25, 0.3) is 0 Å². The summed E-state index contributed by atoms with van der Waals surface area (Å²) in [4.78, 5) is 16.4. The van der Waals surface area contributed by atoms with Crippen molar-refractivity contribution in [2.75, 3.05) is 13.6 Å². The van der Waals surface area contributed by atoms with E-state index in [0.717, 1.165) is 17.2 Å². The Morgan fingerprint density at radius 3 is 2.65 bits per heavy atom. The molecule has 1 aromatic heterocycles. The molecule has 96 valence electrons. The number of nitrogens with zero attached hydrogens (tertiary/aromatic N) is 1. The third-order valence-electron chi connectivity index (χ3n) is 2.71. The Morgan fingerprint density at radius 2 is 2.18 bits per heavy atom. The lowest BCUT2D eigenvalue weighted by Crippen LogP contribution is -2.24. The number of nitrogens with one attached hydrogen (secondary N) is 1. The first-order chi connectivity index (χ1) is 7.84. The van der Waals surface area contributed by atoms with Crippen LogP contribution in [0.1, 0.15) is 38.4 Å². The third-order valence-corrected chi connectivity index (χ3v) is 3.55. The van der Waals surface area contributed by atoms with Crippen LogP contribution in [0.3, 0.4) is 0 Å². The Hall–Kier alpha value is -0.740. The monoisotopic (exact) mass is 254 g/mol. The van der Waals surface area contributed by atoms with Crippen molar-refractivity contribution in [1.82, 2.24) is 10.3 Å². The van der Waals surface area contributed by atoms with Gasteiger partial charge in [0.1, 0.15) is 10.8 Å². The van der Waals surface area contributed by atoms with Crippen LogP contribution in [-0.2, 0) is 16.6 Å². The van der Waals surface area contributed by atoms with Crippen molar-refractivity contribution in [2.45, 2.75) is 39.5 Å². The largest absolute Gasteiger partial charge is 0.319 e. The highest BCUT2D eigenvalue weighted by Crippen LogP contribution is 2.24. The van der Waals surface area contributed by atoms with Crippen LogP contribution in [0.2, 0.25) is 0 Å². The van der Waals surface area contributed by atoms with Gasteiger partial charge in [0.05, 0.1) is 12.1 Å². The molecule has 1 unspecified atom stereocenters. The fourth-order valence-electron chi connectivity index (χ4n) is 1.48. The summed E-state index contributed by atoms with van der Waals surface area (Å²) in [6.07, 6.45) is 0.462. The molecule has 0 radical (unpaired) electrons. The number of ketones is 1. The van der Waals surface area contributed by atoms with E-state index in [9.17, 15) is 4.79 Å². The van der Waals surface area contributed by atoms with Crippen LogP contribution < -0.4 is 5.32 Å². The molecule has 1 heterocycles. The second-order valence-corrected chi connectivity index (χ2v) is 6.42. The van der Waals surface area contributed by atoms with E-state index in [4.69, 9.17) is 0 Å². The first-order valence-electron chi connectivity index (χ1n) is 5.96. The first kappa shape index (κ1) is 14.3. The molecule has 0 bridgehead atoms. The number of carbonyl (C=O) groups is 1. The van der Waals surface area contributed by atoms with Crippen LogP contribution in [0.25, 0.3) is 0 Å². The molecule has 1 aromatic rings. The molecule has 17 heavy (non-hydrogen) atoms. The average molecular weight is 254 g/mol. The van der Waals surface area contributed by atoms with E-state index in [0.29, 0.717) is 6.42 Å². The molecule has 0 fully saturated rings. The van der Waals surface area contributed by atoms with E-state index in [1.165, 1.54) is 0 Å². The van der Waals surface area contributed by atoms with Crippen LogP contribution in [0, 0.1) is 5.92 Å². The summed E-state index contributed by atoms with van der Waals surface area (Å²) in [5.41, 5.74) is 1.14. The van der Waals surface area contributed by atoms with Gasteiger partial charge in [0.2, 0.25) is 0 Å². The zero-order chi connectivity index (χ0) is 13.1. The molecule has 0 aromatic carbocycles. The molecular formula is C13H22N2OS. The molecule has 1 rings (SSSR count). The fraction of sp³-hybridized carbons (Fsp3) is 0.692. The predicted molar refractivity (Wildman–Crippen MR) is 72.6 cm³/mol. The normalized spacial score (nSPS) is 13.7. The van der Waals surface area contributed by atoms with Gasteiger partial charge >= 0.3 is 0 Å². The number of rotatable bonds is 5. The van der Waals surface area contributed by atoms with Gasteiger partial charge in [-0.1, -0.05) is 27.7 Å². The second-order valence-electron chi connectivity index (χ2n) is 5.48. The molecule has 0 saturated carbocycles. The predicted octanol–water partition coefficient (Wildman–Crippen LogP) is 2.41. The maximum absolute atomic E-state index is 11.9. The summed E-state index contributed by atoms with van der Waals surface area (Å²) >= 11 is 1.59. The van der Waals surface area contributed by atoms with Gasteiger partial charge in [-0.3, -0.25) is 4.79 Å². The fourth-order valence-corrected chi connectivity index (χ4v) is 2.51. The lowest BCUT2D eigenvalue weighted by Gasteiger charge is -2.14. The Morgan fingerprint density at radius 1 is 1.53 bits per heavy atom. The molecule has 0 saturated heterocycles. The van der Waals surface area contributed by atoms with Gasteiger partial charge < -0.3 is 5.32 Å². The van der Waals surface area contributed by atoms with Crippen LogP contribution in [-0.4, -0.2) is 24.4 Å². The number of hydrogen-bond donors (Lipinski definition) is 1. The number of thiazole rings is 1. The number of hydrogen-bond acceptors (Lipinski definition) is 4. The molecule has 0 aliphatic rings. The summed E-state index contributed by atoms with van der Waals surface area (Å²) in [6.45, 7) is 9.10. The van der Waals surface area contributed by atoms with E-state index in [1.807, 2.05) is 14.0 Å². The minimum absolute atomic E-state index is 0.0574. The number of aromatic nitrogens is 1. The lowest BCUT2D eigenvalue weighted by molar-refractivity contribution is -0.121. The van der Waals surface area contributed by atoms with Crippen LogP contribution in [0.4, 0.5) is 0 Å². The highest BCUT2D eigenvalue weighted by atomic mass is 32.1. The van der Waals surface area contributed by atoms with E-state index >= 15 is 0 Å². The maximum atomic E-state index is 11.9. The van der Waals surface area contributed by atoms with Crippen molar-refractivity contribution in [3.63, 3.8) is 0 Å². The minimum Gasteiger partial charge on any atom is -0.319 e. The Kier molecular flexibility index (Phi) is 4.83. The minimum atomic E-state index is 0.0574. The van der Waals surface area contributed by atoms with E-state index in [1.54, 1.807) is 11.3 Å². The highest BCUT2D eigenvalue weighted by molar-refractivity contribution is 7.09. The van der Waals surface area contributed by atoms with Gasteiger partial charge in [-0.2, -0.15) is 0 Å². The summed E-state index contributed by atoms with van der Waals surface area (Å²) < 4.78 is 0. The molecule has 0 aliphatic heterocycles. The first-order valence-corrected chi connectivity index (χ1v) is 6.84. The Labute approximate surface area is 108 Å². The Balaban J connectivity index is 2.64. The summed E-state index contributed by atoms with van der Waals surface area (Å²) in [5, 5.41) is 6.02. The van der Waals surface area contributed by atoms with Gasteiger partial charge in [-0.15, -0.1) is 11.3 Å². The summed E-state index contributed by atoms with van der Waals surface area (Å²) in [7, 11) is 1.87.